The Morgan fingerprint density at radius 2 is 2.22 bits per heavy atom. The number of hydrogen-bond acceptors (Lipinski definition) is 1. The summed E-state index contributed by atoms with van der Waals surface area (Å²) in [4.78, 5) is 2.15. The van der Waals surface area contributed by atoms with Crippen LogP contribution in [0.2, 0.25) is 0 Å². The molecule has 2 unspecified atom stereocenters. The summed E-state index contributed by atoms with van der Waals surface area (Å²) in [6, 6.07) is 0. The Balaban J connectivity index is 2.35. The molecule has 1 aliphatic heterocycles. The molecule has 0 radical (unpaired) electrons. The predicted molar refractivity (Wildman–Crippen MR) is 36.2 cm³/mol. The molecule has 0 spiro atoms. The summed E-state index contributed by atoms with van der Waals surface area (Å²) in [5.74, 6) is 0.255. The molecule has 1 aliphatic rings. The average Bonchev–Trinajstić information content (AvgIpc) is 2.13. The maximum atomic E-state index is 12.7. The van der Waals surface area contributed by atoms with E-state index in [4.69, 9.17) is 0 Å². The van der Waals surface area contributed by atoms with Gasteiger partial charge in [-0.3, -0.25) is 0 Å². The highest BCUT2D eigenvalue weighted by molar-refractivity contribution is 4.79. The quantitative estimate of drug-likeness (QED) is 0.518. The van der Waals surface area contributed by atoms with Crippen LogP contribution in [0.25, 0.3) is 0 Å². The first-order valence-corrected chi connectivity index (χ1v) is 3.60. The van der Waals surface area contributed by atoms with Crippen molar-refractivity contribution in [1.29, 1.82) is 0 Å². The molecule has 0 saturated carbocycles. The van der Waals surface area contributed by atoms with Gasteiger partial charge in [0.1, 0.15) is 6.17 Å². The molecule has 0 aromatic carbocycles. The van der Waals surface area contributed by atoms with Crippen LogP contribution in [0.1, 0.15) is 13.8 Å². The highest BCUT2D eigenvalue weighted by atomic mass is 19.1. The summed E-state index contributed by atoms with van der Waals surface area (Å²) in [6.07, 6.45) is -0.579. The van der Waals surface area contributed by atoms with Gasteiger partial charge >= 0.3 is 0 Å². The van der Waals surface area contributed by atoms with E-state index in [-0.39, 0.29) is 5.92 Å². The van der Waals surface area contributed by atoms with Gasteiger partial charge in [-0.15, -0.1) is 0 Å². The lowest BCUT2D eigenvalue weighted by Gasteiger charge is -2.09. The first-order chi connectivity index (χ1) is 4.24. The van der Waals surface area contributed by atoms with Crippen molar-refractivity contribution in [3.05, 3.63) is 0 Å². The van der Waals surface area contributed by atoms with Crippen LogP contribution in [0, 0.1) is 5.92 Å². The van der Waals surface area contributed by atoms with E-state index < -0.39 is 6.17 Å². The summed E-state index contributed by atoms with van der Waals surface area (Å²) >= 11 is 0. The van der Waals surface area contributed by atoms with Crippen LogP contribution in [-0.4, -0.2) is 30.7 Å². The lowest BCUT2D eigenvalue weighted by Crippen LogP contribution is -2.19. The summed E-state index contributed by atoms with van der Waals surface area (Å²) in [6.45, 7) is 6.63. The Hall–Kier alpha value is -0.110. The average molecular weight is 131 g/mol. The highest BCUT2D eigenvalue weighted by Gasteiger charge is 2.27. The van der Waals surface area contributed by atoms with E-state index in [1.54, 1.807) is 0 Å². The van der Waals surface area contributed by atoms with Crippen molar-refractivity contribution in [3.8, 4) is 0 Å². The molecule has 9 heavy (non-hydrogen) atoms. The Morgan fingerprint density at radius 3 is 2.44 bits per heavy atom. The van der Waals surface area contributed by atoms with E-state index in [9.17, 15) is 4.39 Å². The third-order valence-corrected chi connectivity index (χ3v) is 2.04. The Bertz CT molecular complexity index is 84.9. The molecule has 1 fully saturated rings. The Morgan fingerprint density at radius 1 is 1.56 bits per heavy atom. The molecular formula is C7H14FN. The molecule has 2 heteroatoms. The fourth-order valence-electron chi connectivity index (χ4n) is 1.28. The minimum atomic E-state index is -0.579. The topological polar surface area (TPSA) is 3.24 Å². The first kappa shape index (κ1) is 7.00. The number of nitrogens with zero attached hydrogens (tertiary/aromatic N) is 1. The Kier molecular flexibility index (Phi) is 2.06. The summed E-state index contributed by atoms with van der Waals surface area (Å²) in [5, 5.41) is 0. The fraction of sp³-hybridized carbons (Fsp3) is 1.00. The lowest BCUT2D eigenvalue weighted by molar-refractivity contribution is 0.281. The summed E-state index contributed by atoms with van der Waals surface area (Å²) in [5.41, 5.74) is 0. The molecule has 0 bridgehead atoms. The van der Waals surface area contributed by atoms with E-state index in [2.05, 4.69) is 11.8 Å². The molecule has 0 amide bonds. The summed E-state index contributed by atoms with van der Waals surface area (Å²) in [7, 11) is 0. The highest BCUT2D eigenvalue weighted by Crippen LogP contribution is 2.18. The van der Waals surface area contributed by atoms with Gasteiger partial charge in [-0.25, -0.2) is 4.39 Å². The van der Waals surface area contributed by atoms with Crippen LogP contribution in [0.5, 0.6) is 0 Å². The molecule has 1 nitrogen and oxygen atoms in total. The number of halogens is 1. The number of likely N-dealkylation sites (tertiary alicyclic amines) is 1. The normalized spacial score (nSPS) is 37.7. The van der Waals surface area contributed by atoms with E-state index in [0.29, 0.717) is 6.54 Å². The van der Waals surface area contributed by atoms with Gasteiger partial charge in [0.15, 0.2) is 0 Å². The second-order valence-corrected chi connectivity index (χ2v) is 2.85. The van der Waals surface area contributed by atoms with Gasteiger partial charge in [0.25, 0.3) is 0 Å². The van der Waals surface area contributed by atoms with Gasteiger partial charge in [0, 0.05) is 19.0 Å². The zero-order valence-electron chi connectivity index (χ0n) is 6.10. The minimum Gasteiger partial charge on any atom is -0.300 e. The van der Waals surface area contributed by atoms with Gasteiger partial charge in [0.2, 0.25) is 0 Å². The van der Waals surface area contributed by atoms with Gasteiger partial charge in [0.05, 0.1) is 0 Å². The summed E-state index contributed by atoms with van der Waals surface area (Å²) < 4.78 is 12.7. The molecule has 1 heterocycles. The van der Waals surface area contributed by atoms with E-state index in [1.165, 1.54) is 0 Å². The fourth-order valence-corrected chi connectivity index (χ4v) is 1.28. The van der Waals surface area contributed by atoms with Crippen LogP contribution < -0.4 is 0 Å². The van der Waals surface area contributed by atoms with Gasteiger partial charge in [-0.05, 0) is 6.54 Å². The van der Waals surface area contributed by atoms with Crippen molar-refractivity contribution in [2.75, 3.05) is 19.6 Å². The third-order valence-electron chi connectivity index (χ3n) is 2.04. The zero-order chi connectivity index (χ0) is 6.85. The molecule has 0 aromatic rings. The monoisotopic (exact) mass is 131 g/mol. The van der Waals surface area contributed by atoms with Crippen molar-refractivity contribution >= 4 is 0 Å². The number of alkyl halides is 1. The third kappa shape index (κ3) is 1.42. The minimum absolute atomic E-state index is 0.255. The number of rotatable bonds is 1. The molecule has 0 aliphatic carbocycles. The molecular weight excluding hydrogens is 117 g/mol. The second-order valence-electron chi connectivity index (χ2n) is 2.85. The molecule has 54 valence electrons. The maximum Gasteiger partial charge on any atom is 0.116 e. The second kappa shape index (κ2) is 2.65. The van der Waals surface area contributed by atoms with Crippen LogP contribution in [0.4, 0.5) is 4.39 Å². The van der Waals surface area contributed by atoms with Crippen LogP contribution in [-0.2, 0) is 0 Å². The van der Waals surface area contributed by atoms with Gasteiger partial charge in [-0.2, -0.15) is 0 Å². The van der Waals surface area contributed by atoms with Crippen molar-refractivity contribution in [3.63, 3.8) is 0 Å². The largest absolute Gasteiger partial charge is 0.300 e. The number of hydrogen-bond donors (Lipinski definition) is 0. The molecule has 0 aromatic heterocycles. The lowest BCUT2D eigenvalue weighted by atomic mass is 10.1. The van der Waals surface area contributed by atoms with Crippen molar-refractivity contribution in [1.82, 2.24) is 4.90 Å². The first-order valence-electron chi connectivity index (χ1n) is 3.60. The van der Waals surface area contributed by atoms with Crippen molar-refractivity contribution in [2.24, 2.45) is 5.92 Å². The van der Waals surface area contributed by atoms with Gasteiger partial charge in [-0.1, -0.05) is 13.8 Å². The van der Waals surface area contributed by atoms with E-state index in [1.807, 2.05) is 6.92 Å². The standard InChI is InChI=1S/C7H14FN/c1-3-9-4-6(2)7(8)5-9/h6-7H,3-5H2,1-2H3. The molecule has 0 N–H and O–H groups in total. The molecule has 1 rings (SSSR count). The smallest absolute Gasteiger partial charge is 0.116 e. The van der Waals surface area contributed by atoms with Crippen LogP contribution >= 0.6 is 0 Å². The zero-order valence-corrected chi connectivity index (χ0v) is 6.10. The maximum absolute atomic E-state index is 12.7. The van der Waals surface area contributed by atoms with Crippen LogP contribution in [0.3, 0.4) is 0 Å². The van der Waals surface area contributed by atoms with E-state index in [0.717, 1.165) is 13.1 Å². The van der Waals surface area contributed by atoms with Crippen molar-refractivity contribution in [2.45, 2.75) is 20.0 Å². The Labute approximate surface area is 55.8 Å². The van der Waals surface area contributed by atoms with Crippen molar-refractivity contribution < 1.29 is 4.39 Å². The molecule has 1 saturated heterocycles. The molecule has 2 atom stereocenters. The predicted octanol–water partition coefficient (Wildman–Crippen LogP) is 1.30. The van der Waals surface area contributed by atoms with E-state index >= 15 is 0 Å². The van der Waals surface area contributed by atoms with Crippen LogP contribution in [0.15, 0.2) is 0 Å². The van der Waals surface area contributed by atoms with Gasteiger partial charge < -0.3 is 4.90 Å². The SMILES string of the molecule is CCN1CC(C)C(F)C1.